The molecule has 266 valence electrons. The number of hydrogen-bond acceptors (Lipinski definition) is 6. The first-order chi connectivity index (χ1) is 23.7. The molecule has 5 rings (SSSR count). The Labute approximate surface area is 287 Å². The van der Waals surface area contributed by atoms with Crippen LogP contribution in [0, 0.1) is 0 Å². The average Bonchev–Trinajstić information content (AvgIpc) is 3.09. The van der Waals surface area contributed by atoms with Crippen molar-refractivity contribution in [3.8, 4) is 5.75 Å². The molecule has 0 saturated carbocycles. The number of piperidine rings is 1. The van der Waals surface area contributed by atoms with Crippen molar-refractivity contribution in [2.45, 2.75) is 64.1 Å². The topological polar surface area (TPSA) is 129 Å². The van der Waals surface area contributed by atoms with Crippen molar-refractivity contribution in [2.24, 2.45) is 0 Å². The van der Waals surface area contributed by atoms with Crippen molar-refractivity contribution in [2.75, 3.05) is 31.1 Å². The van der Waals surface area contributed by atoms with E-state index in [-0.39, 0.29) is 44.2 Å². The highest BCUT2D eigenvalue weighted by atomic mass is 19.4. The number of fused-ring (bicyclic) bond motifs is 1. The van der Waals surface area contributed by atoms with Crippen LogP contribution in [-0.2, 0) is 27.9 Å². The summed E-state index contributed by atoms with van der Waals surface area (Å²) < 4.78 is 55.7. The summed E-state index contributed by atoms with van der Waals surface area (Å²) in [6.45, 7) is 4.61. The van der Waals surface area contributed by atoms with Crippen molar-refractivity contribution < 1.29 is 46.9 Å². The molecule has 3 aromatic carbocycles. The number of alkyl halides is 3. The zero-order valence-corrected chi connectivity index (χ0v) is 27.9. The van der Waals surface area contributed by atoms with E-state index in [9.17, 15) is 37.5 Å². The molecule has 2 atom stereocenters. The van der Waals surface area contributed by atoms with Crippen LogP contribution in [0.4, 0.5) is 28.4 Å². The summed E-state index contributed by atoms with van der Waals surface area (Å²) in [5, 5.41) is 12.1. The second-order valence-electron chi connectivity index (χ2n) is 12.6. The molecule has 0 unspecified atom stereocenters. The molecule has 0 aromatic heterocycles. The maximum atomic E-state index is 14.8. The number of amides is 4. The fourth-order valence-corrected chi connectivity index (χ4v) is 6.42. The lowest BCUT2D eigenvalue weighted by Gasteiger charge is -2.42. The number of hydrogen-bond donors (Lipinski definition) is 2. The highest BCUT2D eigenvalue weighted by Gasteiger charge is 2.48. The van der Waals surface area contributed by atoms with Gasteiger partial charge in [-0.25, -0.2) is 9.59 Å². The maximum absolute atomic E-state index is 14.8. The van der Waals surface area contributed by atoms with Crippen LogP contribution in [-0.4, -0.2) is 77.2 Å². The third-order valence-corrected chi connectivity index (χ3v) is 8.89. The van der Waals surface area contributed by atoms with Crippen LogP contribution in [0.5, 0.6) is 5.75 Å². The molecule has 4 amide bonds. The standard InChI is InChI=1S/C36H39F3N4O7/c1-23(2)43(26-15-10-17-41(21-26)34(47)48)31(44)27-19-29-30(20-28(27)36(37,38)39)50-35(3,25-13-8-5-9-14-25)32(45)42(29)18-16-40-33(46)49-22-24-11-6-4-7-12-24/h4-9,11-14,19-20,23,26H,10,15-18,21-22H2,1-3H3,(H,40,46)(H,47,48)/t26-,35+/m1/s1. The van der Waals surface area contributed by atoms with Crippen molar-refractivity contribution in [3.05, 3.63) is 95.1 Å². The second kappa shape index (κ2) is 14.7. The molecule has 2 aliphatic rings. The van der Waals surface area contributed by atoms with Gasteiger partial charge in [-0.15, -0.1) is 0 Å². The Morgan fingerprint density at radius 2 is 1.74 bits per heavy atom. The van der Waals surface area contributed by atoms with Gasteiger partial charge in [0.15, 0.2) is 0 Å². The first kappa shape index (κ1) is 36.0. The van der Waals surface area contributed by atoms with Crippen LogP contribution in [0.15, 0.2) is 72.8 Å². The largest absolute Gasteiger partial charge is 0.471 e. The van der Waals surface area contributed by atoms with Gasteiger partial charge in [0.2, 0.25) is 5.60 Å². The minimum absolute atomic E-state index is 0.00132. The Morgan fingerprint density at radius 3 is 2.36 bits per heavy atom. The molecule has 14 heteroatoms. The van der Waals surface area contributed by atoms with Crippen LogP contribution >= 0.6 is 0 Å². The summed E-state index contributed by atoms with van der Waals surface area (Å²) in [7, 11) is 0. The van der Waals surface area contributed by atoms with E-state index in [2.05, 4.69) is 5.32 Å². The van der Waals surface area contributed by atoms with Gasteiger partial charge in [-0.1, -0.05) is 60.7 Å². The number of halogens is 3. The van der Waals surface area contributed by atoms with Gasteiger partial charge < -0.3 is 34.6 Å². The lowest BCUT2D eigenvalue weighted by Crippen LogP contribution is -2.55. The first-order valence-electron chi connectivity index (χ1n) is 16.3. The van der Waals surface area contributed by atoms with Crippen molar-refractivity contribution in [1.29, 1.82) is 0 Å². The monoisotopic (exact) mass is 696 g/mol. The van der Waals surface area contributed by atoms with Gasteiger partial charge in [0.1, 0.15) is 12.4 Å². The van der Waals surface area contributed by atoms with Crippen molar-refractivity contribution >= 4 is 29.7 Å². The fourth-order valence-electron chi connectivity index (χ4n) is 6.42. The predicted molar refractivity (Wildman–Crippen MR) is 177 cm³/mol. The quantitative estimate of drug-likeness (QED) is 0.270. The fraction of sp³-hybridized carbons (Fsp3) is 0.389. The molecule has 2 N–H and O–H groups in total. The van der Waals surface area contributed by atoms with E-state index in [1.165, 1.54) is 16.7 Å². The number of ether oxygens (including phenoxy) is 2. The van der Waals surface area contributed by atoms with Gasteiger partial charge >= 0.3 is 18.4 Å². The van der Waals surface area contributed by atoms with Gasteiger partial charge in [-0.05, 0) is 51.3 Å². The molecule has 11 nitrogen and oxygen atoms in total. The highest BCUT2D eigenvalue weighted by molar-refractivity contribution is 6.05. The predicted octanol–water partition coefficient (Wildman–Crippen LogP) is 6.27. The van der Waals surface area contributed by atoms with Gasteiger partial charge in [0.05, 0.1) is 22.9 Å². The van der Waals surface area contributed by atoms with Crippen LogP contribution in [0.1, 0.15) is 60.7 Å². The number of benzene rings is 3. The summed E-state index contributed by atoms with van der Waals surface area (Å²) in [5.74, 6) is -1.87. The zero-order valence-electron chi connectivity index (χ0n) is 27.9. The lowest BCUT2D eigenvalue weighted by atomic mass is 9.91. The number of anilines is 1. The number of carbonyl (C=O) groups excluding carboxylic acids is 3. The Morgan fingerprint density at radius 1 is 1.08 bits per heavy atom. The minimum atomic E-state index is -4.99. The third-order valence-electron chi connectivity index (χ3n) is 8.89. The number of nitrogens with zero attached hydrogens (tertiary/aromatic N) is 3. The minimum Gasteiger partial charge on any atom is -0.471 e. The Balaban J connectivity index is 1.51. The molecule has 0 radical (unpaired) electrons. The molecular formula is C36H39F3N4O7. The molecule has 0 aliphatic carbocycles. The Kier molecular flexibility index (Phi) is 10.6. The van der Waals surface area contributed by atoms with Crippen LogP contribution < -0.4 is 15.0 Å². The van der Waals surface area contributed by atoms with Gasteiger partial charge in [0, 0.05) is 37.8 Å². The molecule has 3 aromatic rings. The van der Waals surface area contributed by atoms with E-state index >= 15 is 0 Å². The molecule has 50 heavy (non-hydrogen) atoms. The third kappa shape index (κ3) is 7.63. The summed E-state index contributed by atoms with van der Waals surface area (Å²) in [6, 6.07) is 17.8. The first-order valence-corrected chi connectivity index (χ1v) is 16.3. The number of carbonyl (C=O) groups is 4. The molecular weight excluding hydrogens is 657 g/mol. The van der Waals surface area contributed by atoms with E-state index < -0.39 is 59.0 Å². The molecule has 1 fully saturated rings. The van der Waals surface area contributed by atoms with Gasteiger partial charge in [0.25, 0.3) is 11.8 Å². The van der Waals surface area contributed by atoms with Crippen molar-refractivity contribution in [3.63, 3.8) is 0 Å². The van der Waals surface area contributed by atoms with E-state index in [1.54, 1.807) is 68.4 Å². The number of alkyl carbamates (subject to hydrolysis) is 1. The van der Waals surface area contributed by atoms with Gasteiger partial charge in [-0.2, -0.15) is 13.2 Å². The normalized spacial score (nSPS) is 19.0. The van der Waals surface area contributed by atoms with Gasteiger partial charge in [-0.3, -0.25) is 9.59 Å². The second-order valence-corrected chi connectivity index (χ2v) is 12.6. The van der Waals surface area contributed by atoms with Crippen LogP contribution in [0.3, 0.4) is 0 Å². The molecule has 2 heterocycles. The Bertz CT molecular complexity index is 1720. The molecule has 0 spiro atoms. The summed E-state index contributed by atoms with van der Waals surface area (Å²) in [6.07, 6.45) is -6.11. The average molecular weight is 697 g/mol. The van der Waals surface area contributed by atoms with E-state index in [1.807, 2.05) is 6.07 Å². The lowest BCUT2D eigenvalue weighted by molar-refractivity contribution is -0.138. The SMILES string of the molecule is CC(C)N(C(=O)c1cc2c(cc1C(F)(F)F)O[C@@](C)(c1ccccc1)C(=O)N2CCNC(=O)OCc1ccccc1)[C@@H]1CCCN(C(=O)O)C1. The maximum Gasteiger partial charge on any atom is 0.417 e. The van der Waals surface area contributed by atoms with Crippen molar-refractivity contribution in [1.82, 2.24) is 15.1 Å². The van der Waals surface area contributed by atoms with E-state index in [4.69, 9.17) is 9.47 Å². The smallest absolute Gasteiger partial charge is 0.417 e. The van der Waals surface area contributed by atoms with Crippen LogP contribution in [0.25, 0.3) is 0 Å². The number of nitrogens with one attached hydrogen (secondary N) is 1. The number of rotatable bonds is 9. The molecule has 2 aliphatic heterocycles. The number of carboxylic acid groups (broad SMARTS) is 1. The highest BCUT2D eigenvalue weighted by Crippen LogP contribution is 2.46. The Hall–Kier alpha value is -5.27. The van der Waals surface area contributed by atoms with Crippen LogP contribution in [0.2, 0.25) is 0 Å². The van der Waals surface area contributed by atoms with E-state index in [0.717, 1.165) is 22.6 Å². The van der Waals surface area contributed by atoms with E-state index in [0.29, 0.717) is 18.4 Å². The summed E-state index contributed by atoms with van der Waals surface area (Å²) in [5.41, 5.74) is -2.66. The molecule has 0 bridgehead atoms. The zero-order chi connectivity index (χ0) is 36.2. The summed E-state index contributed by atoms with van der Waals surface area (Å²) >= 11 is 0. The number of likely N-dealkylation sites (tertiary alicyclic amines) is 1. The summed E-state index contributed by atoms with van der Waals surface area (Å²) in [4.78, 5) is 56.3. The molecule has 1 saturated heterocycles.